The third kappa shape index (κ3) is 3.24. The Kier molecular flexibility index (Phi) is 4.38. The number of nitrogens with zero attached hydrogens (tertiary/aromatic N) is 3. The average molecular weight is 272 g/mol. The zero-order valence-electron chi connectivity index (χ0n) is 10.7. The monoisotopic (exact) mass is 271 g/mol. The highest BCUT2D eigenvalue weighted by Gasteiger charge is 2.09. The van der Waals surface area contributed by atoms with Gasteiger partial charge in [0, 0.05) is 18.1 Å². The summed E-state index contributed by atoms with van der Waals surface area (Å²) < 4.78 is 0. The van der Waals surface area contributed by atoms with E-state index >= 15 is 0 Å². The van der Waals surface area contributed by atoms with Gasteiger partial charge < -0.3 is 4.90 Å². The molecule has 19 heavy (non-hydrogen) atoms. The zero-order chi connectivity index (χ0) is 13.7. The minimum atomic E-state index is 0.426. The molecular formula is C15H14ClN3. The van der Waals surface area contributed by atoms with Crippen LogP contribution in [0.25, 0.3) is 0 Å². The molecule has 4 heteroatoms. The lowest BCUT2D eigenvalue weighted by atomic mass is 10.2. The van der Waals surface area contributed by atoms with Gasteiger partial charge in [-0.05, 0) is 30.7 Å². The molecular weight excluding hydrogens is 258 g/mol. The Hall–Kier alpha value is -2.05. The molecule has 3 nitrogen and oxygen atoms in total. The normalized spacial score (nSPS) is 9.95. The smallest absolute Gasteiger partial charge is 0.142 e. The van der Waals surface area contributed by atoms with Crippen molar-refractivity contribution in [2.75, 3.05) is 11.4 Å². The molecule has 0 spiro atoms. The molecule has 2 aromatic rings. The second-order valence-corrected chi connectivity index (χ2v) is 4.51. The Labute approximate surface area is 118 Å². The summed E-state index contributed by atoms with van der Waals surface area (Å²) in [5.74, 6) is 0.793. The zero-order valence-corrected chi connectivity index (χ0v) is 11.4. The van der Waals surface area contributed by atoms with E-state index in [9.17, 15) is 0 Å². The predicted octanol–water partition coefficient (Wildman–Crippen LogP) is 3.63. The van der Waals surface area contributed by atoms with E-state index in [4.69, 9.17) is 16.9 Å². The van der Waals surface area contributed by atoms with Gasteiger partial charge in [-0.15, -0.1) is 0 Å². The average Bonchev–Trinajstić information content (AvgIpc) is 2.46. The predicted molar refractivity (Wildman–Crippen MR) is 77.1 cm³/mol. The molecule has 2 rings (SSSR count). The van der Waals surface area contributed by atoms with Crippen LogP contribution in [0, 0.1) is 11.3 Å². The first-order chi connectivity index (χ1) is 9.24. The minimum absolute atomic E-state index is 0.426. The summed E-state index contributed by atoms with van der Waals surface area (Å²) >= 11 is 6.17. The van der Waals surface area contributed by atoms with E-state index in [1.807, 2.05) is 36.4 Å². The Morgan fingerprint density at radius 2 is 2.00 bits per heavy atom. The van der Waals surface area contributed by atoms with E-state index in [0.717, 1.165) is 22.9 Å². The highest BCUT2D eigenvalue weighted by atomic mass is 35.5. The van der Waals surface area contributed by atoms with Crippen LogP contribution >= 0.6 is 11.6 Å². The van der Waals surface area contributed by atoms with Crippen LogP contribution in [-0.2, 0) is 6.54 Å². The van der Waals surface area contributed by atoms with Gasteiger partial charge in [0.15, 0.2) is 0 Å². The molecule has 0 saturated heterocycles. The summed E-state index contributed by atoms with van der Waals surface area (Å²) in [6, 6.07) is 15.3. The van der Waals surface area contributed by atoms with Gasteiger partial charge in [0.05, 0.1) is 0 Å². The van der Waals surface area contributed by atoms with E-state index in [2.05, 4.69) is 22.9 Å². The number of pyridine rings is 1. The van der Waals surface area contributed by atoms with Gasteiger partial charge in [-0.2, -0.15) is 5.26 Å². The molecule has 96 valence electrons. The van der Waals surface area contributed by atoms with Gasteiger partial charge in [0.1, 0.15) is 17.6 Å². The Bertz CT molecular complexity index is 604. The molecule has 1 aromatic heterocycles. The quantitative estimate of drug-likeness (QED) is 0.852. The molecule has 0 atom stereocenters. The van der Waals surface area contributed by atoms with Crippen molar-refractivity contribution in [1.29, 1.82) is 5.26 Å². The third-order valence-electron chi connectivity index (χ3n) is 2.87. The van der Waals surface area contributed by atoms with Gasteiger partial charge in [0.25, 0.3) is 0 Å². The summed E-state index contributed by atoms with van der Waals surface area (Å²) in [7, 11) is 0. The fraction of sp³-hybridized carbons (Fsp3) is 0.200. The Morgan fingerprint density at radius 3 is 2.68 bits per heavy atom. The number of hydrogen-bond acceptors (Lipinski definition) is 3. The van der Waals surface area contributed by atoms with Crippen LogP contribution in [-0.4, -0.2) is 11.5 Å². The summed E-state index contributed by atoms with van der Waals surface area (Å²) in [5, 5.41) is 9.65. The van der Waals surface area contributed by atoms with Gasteiger partial charge in [-0.3, -0.25) is 0 Å². The molecule has 0 fully saturated rings. The van der Waals surface area contributed by atoms with Crippen LogP contribution in [0.4, 0.5) is 5.82 Å². The summed E-state index contributed by atoms with van der Waals surface area (Å²) in [6.45, 7) is 3.53. The maximum absolute atomic E-state index is 8.90. The molecule has 0 aliphatic carbocycles. The van der Waals surface area contributed by atoms with Crippen molar-refractivity contribution in [3.63, 3.8) is 0 Å². The number of hydrogen-bond donors (Lipinski definition) is 0. The number of nitriles is 1. The maximum Gasteiger partial charge on any atom is 0.142 e. The number of rotatable bonds is 4. The Morgan fingerprint density at radius 1 is 1.21 bits per heavy atom. The largest absolute Gasteiger partial charge is 0.352 e. The second kappa shape index (κ2) is 6.21. The van der Waals surface area contributed by atoms with Crippen LogP contribution in [0.2, 0.25) is 5.02 Å². The van der Waals surface area contributed by atoms with Gasteiger partial charge in [0.2, 0.25) is 0 Å². The van der Waals surface area contributed by atoms with Crippen molar-refractivity contribution in [1.82, 2.24) is 4.98 Å². The van der Waals surface area contributed by atoms with Crippen LogP contribution in [0.15, 0.2) is 42.5 Å². The van der Waals surface area contributed by atoms with Crippen molar-refractivity contribution in [2.45, 2.75) is 13.5 Å². The van der Waals surface area contributed by atoms with Gasteiger partial charge in [-0.1, -0.05) is 35.9 Å². The lowest BCUT2D eigenvalue weighted by molar-refractivity contribution is 0.813. The van der Waals surface area contributed by atoms with E-state index in [-0.39, 0.29) is 0 Å². The molecule has 1 aromatic carbocycles. The molecule has 0 radical (unpaired) electrons. The van der Waals surface area contributed by atoms with Crippen molar-refractivity contribution in [3.05, 3.63) is 58.7 Å². The molecule has 0 N–H and O–H groups in total. The fourth-order valence-electron chi connectivity index (χ4n) is 1.85. The molecule has 0 amide bonds. The van der Waals surface area contributed by atoms with Crippen LogP contribution in [0.3, 0.4) is 0 Å². The topological polar surface area (TPSA) is 39.9 Å². The van der Waals surface area contributed by atoms with E-state index in [1.54, 1.807) is 6.07 Å². The van der Waals surface area contributed by atoms with Crippen molar-refractivity contribution < 1.29 is 0 Å². The summed E-state index contributed by atoms with van der Waals surface area (Å²) in [4.78, 5) is 6.40. The van der Waals surface area contributed by atoms with E-state index in [0.29, 0.717) is 12.2 Å². The van der Waals surface area contributed by atoms with E-state index < -0.39 is 0 Å². The highest BCUT2D eigenvalue weighted by Crippen LogP contribution is 2.20. The third-order valence-corrected chi connectivity index (χ3v) is 3.24. The maximum atomic E-state index is 8.90. The van der Waals surface area contributed by atoms with Gasteiger partial charge >= 0.3 is 0 Å². The lowest BCUT2D eigenvalue weighted by Gasteiger charge is -2.22. The number of halogens is 1. The summed E-state index contributed by atoms with van der Waals surface area (Å²) in [5.41, 5.74) is 1.48. The molecule has 1 heterocycles. The molecule has 0 saturated carbocycles. The SMILES string of the molecule is CCN(Cc1ccccc1Cl)c1cccc(C#N)n1. The van der Waals surface area contributed by atoms with Crippen LogP contribution < -0.4 is 4.90 Å². The molecule has 0 unspecified atom stereocenters. The first kappa shape index (κ1) is 13.4. The highest BCUT2D eigenvalue weighted by molar-refractivity contribution is 6.31. The molecule has 0 aliphatic rings. The number of anilines is 1. The van der Waals surface area contributed by atoms with Crippen molar-refractivity contribution in [2.24, 2.45) is 0 Å². The first-order valence-electron chi connectivity index (χ1n) is 6.10. The lowest BCUT2D eigenvalue weighted by Crippen LogP contribution is -2.23. The van der Waals surface area contributed by atoms with Crippen LogP contribution in [0.1, 0.15) is 18.2 Å². The molecule has 0 bridgehead atoms. The van der Waals surface area contributed by atoms with E-state index in [1.165, 1.54) is 0 Å². The number of benzene rings is 1. The fourth-order valence-corrected chi connectivity index (χ4v) is 2.04. The standard InChI is InChI=1S/C15H14ClN3/c1-2-19(11-12-6-3-4-8-14(12)16)15-9-5-7-13(10-17)18-15/h3-9H,2,11H2,1H3. The summed E-state index contributed by atoms with van der Waals surface area (Å²) in [6.07, 6.45) is 0. The van der Waals surface area contributed by atoms with Gasteiger partial charge in [-0.25, -0.2) is 4.98 Å². The minimum Gasteiger partial charge on any atom is -0.352 e. The number of aromatic nitrogens is 1. The first-order valence-corrected chi connectivity index (χ1v) is 6.48. The molecule has 0 aliphatic heterocycles. The Balaban J connectivity index is 2.25. The van der Waals surface area contributed by atoms with Crippen molar-refractivity contribution in [3.8, 4) is 6.07 Å². The second-order valence-electron chi connectivity index (χ2n) is 4.10. The van der Waals surface area contributed by atoms with Crippen molar-refractivity contribution >= 4 is 17.4 Å². The van der Waals surface area contributed by atoms with Crippen LogP contribution in [0.5, 0.6) is 0 Å².